The van der Waals surface area contributed by atoms with Gasteiger partial charge in [0, 0.05) is 61.7 Å². The monoisotopic (exact) mass is 486 g/mol. The molecular weight excluding hydrogens is 456 g/mol. The van der Waals surface area contributed by atoms with E-state index in [4.69, 9.17) is 20.2 Å². The number of rotatable bonds is 10. The molecule has 0 unspecified atom stereocenters. The zero-order valence-electron chi connectivity index (χ0n) is 20.9. The number of aromatic nitrogens is 4. The van der Waals surface area contributed by atoms with Crippen molar-refractivity contribution in [3.8, 4) is 22.6 Å². The second kappa shape index (κ2) is 10.9. The summed E-state index contributed by atoms with van der Waals surface area (Å²) < 4.78 is 12.8. The number of fused-ring (bicyclic) bond motifs is 1. The molecule has 3 heterocycles. The standard InChI is InChI=1S/C27H30N6O3/c1-5-18(6-8-26(28)34)16-33(21-11-22(35-3)13-23(12-21)36-4)27-9-7-24-25(31-27)10-19(14-29-24)20-15-30-32(2)17-20/h5,7,9-15,17H,6,8,16H2,1-4H3,(H2,28,34)/b18-5+. The van der Waals surface area contributed by atoms with Crippen LogP contribution >= 0.6 is 0 Å². The highest BCUT2D eigenvalue weighted by Gasteiger charge is 2.17. The van der Waals surface area contributed by atoms with Gasteiger partial charge in [-0.3, -0.25) is 14.5 Å². The summed E-state index contributed by atoms with van der Waals surface area (Å²) in [6, 6.07) is 11.6. The third-order valence-corrected chi connectivity index (χ3v) is 5.95. The Morgan fingerprint density at radius 1 is 1.03 bits per heavy atom. The van der Waals surface area contributed by atoms with Gasteiger partial charge >= 0.3 is 0 Å². The molecule has 9 heteroatoms. The highest BCUT2D eigenvalue weighted by atomic mass is 16.5. The first kappa shape index (κ1) is 24.7. The zero-order chi connectivity index (χ0) is 25.7. The summed E-state index contributed by atoms with van der Waals surface area (Å²) in [6.45, 7) is 2.47. The quantitative estimate of drug-likeness (QED) is 0.331. The van der Waals surface area contributed by atoms with Gasteiger partial charge < -0.3 is 20.1 Å². The minimum atomic E-state index is -0.332. The van der Waals surface area contributed by atoms with Crippen molar-refractivity contribution < 1.29 is 14.3 Å². The van der Waals surface area contributed by atoms with E-state index in [1.165, 1.54) is 0 Å². The molecule has 0 saturated carbocycles. The van der Waals surface area contributed by atoms with Crippen LogP contribution in [0.3, 0.4) is 0 Å². The Kier molecular flexibility index (Phi) is 7.48. The second-order valence-corrected chi connectivity index (χ2v) is 8.40. The molecular formula is C27H30N6O3. The molecule has 4 aromatic rings. The molecule has 0 spiro atoms. The van der Waals surface area contributed by atoms with Crippen LogP contribution in [0.15, 0.2) is 66.6 Å². The number of hydrogen-bond acceptors (Lipinski definition) is 7. The lowest BCUT2D eigenvalue weighted by Crippen LogP contribution is -2.22. The van der Waals surface area contributed by atoms with Gasteiger partial charge in [-0.1, -0.05) is 11.6 Å². The third kappa shape index (κ3) is 5.63. The first-order chi connectivity index (χ1) is 17.4. The van der Waals surface area contributed by atoms with Crippen molar-refractivity contribution in [2.45, 2.75) is 19.8 Å². The highest BCUT2D eigenvalue weighted by Crippen LogP contribution is 2.34. The molecule has 36 heavy (non-hydrogen) atoms. The van der Waals surface area contributed by atoms with Crippen molar-refractivity contribution in [3.05, 3.63) is 66.6 Å². The Bertz CT molecular complexity index is 1390. The highest BCUT2D eigenvalue weighted by molar-refractivity contribution is 5.82. The van der Waals surface area contributed by atoms with E-state index in [0.29, 0.717) is 24.5 Å². The van der Waals surface area contributed by atoms with Gasteiger partial charge in [-0.05, 0) is 31.5 Å². The van der Waals surface area contributed by atoms with Crippen molar-refractivity contribution in [2.24, 2.45) is 12.8 Å². The Morgan fingerprint density at radius 2 is 1.78 bits per heavy atom. The number of nitrogens with zero attached hydrogens (tertiary/aromatic N) is 5. The molecule has 0 aliphatic carbocycles. The minimum Gasteiger partial charge on any atom is -0.497 e. The van der Waals surface area contributed by atoms with Crippen LogP contribution in [0, 0.1) is 0 Å². The number of hydrogen-bond donors (Lipinski definition) is 1. The van der Waals surface area contributed by atoms with Gasteiger partial charge in [-0.2, -0.15) is 5.10 Å². The van der Waals surface area contributed by atoms with Gasteiger partial charge in [-0.25, -0.2) is 4.98 Å². The van der Waals surface area contributed by atoms with Gasteiger partial charge in [0.1, 0.15) is 17.3 Å². The van der Waals surface area contributed by atoms with E-state index < -0.39 is 0 Å². The lowest BCUT2D eigenvalue weighted by molar-refractivity contribution is -0.117. The number of primary amides is 1. The number of amides is 1. The molecule has 0 aliphatic rings. The van der Waals surface area contributed by atoms with Gasteiger partial charge in [0.25, 0.3) is 0 Å². The fourth-order valence-electron chi connectivity index (χ4n) is 3.93. The van der Waals surface area contributed by atoms with Crippen molar-refractivity contribution in [1.82, 2.24) is 19.7 Å². The van der Waals surface area contributed by atoms with Crippen LogP contribution in [0.1, 0.15) is 19.8 Å². The number of aryl methyl sites for hydroxylation is 1. The number of benzene rings is 1. The normalized spacial score (nSPS) is 11.5. The summed E-state index contributed by atoms with van der Waals surface area (Å²) in [5.41, 5.74) is 10.8. The van der Waals surface area contributed by atoms with Crippen molar-refractivity contribution in [1.29, 1.82) is 0 Å². The molecule has 186 valence electrons. The fourth-order valence-corrected chi connectivity index (χ4v) is 3.93. The predicted molar refractivity (Wildman–Crippen MR) is 140 cm³/mol. The van der Waals surface area contributed by atoms with E-state index in [-0.39, 0.29) is 12.3 Å². The van der Waals surface area contributed by atoms with E-state index in [0.717, 1.165) is 39.2 Å². The maximum atomic E-state index is 11.4. The maximum Gasteiger partial charge on any atom is 0.217 e. The smallest absolute Gasteiger partial charge is 0.217 e. The first-order valence-corrected chi connectivity index (χ1v) is 11.6. The molecule has 1 aromatic carbocycles. The molecule has 0 fully saturated rings. The molecule has 0 radical (unpaired) electrons. The SMILES string of the molecule is C/C=C(\CCC(N)=O)CN(c1cc(OC)cc(OC)c1)c1ccc2ncc(-c3cnn(C)c3)cc2n1. The zero-order valence-corrected chi connectivity index (χ0v) is 20.9. The lowest BCUT2D eigenvalue weighted by atomic mass is 10.1. The van der Waals surface area contributed by atoms with Crippen LogP contribution < -0.4 is 20.1 Å². The third-order valence-electron chi connectivity index (χ3n) is 5.95. The fraction of sp³-hybridized carbons (Fsp3) is 0.259. The van der Waals surface area contributed by atoms with Gasteiger partial charge in [-0.15, -0.1) is 0 Å². The van der Waals surface area contributed by atoms with Crippen LogP contribution in [0.25, 0.3) is 22.2 Å². The van der Waals surface area contributed by atoms with Crippen LogP contribution in [-0.2, 0) is 11.8 Å². The van der Waals surface area contributed by atoms with Crippen molar-refractivity contribution in [2.75, 3.05) is 25.7 Å². The summed E-state index contributed by atoms with van der Waals surface area (Å²) in [6.07, 6.45) is 8.42. The van der Waals surface area contributed by atoms with E-state index in [1.807, 2.05) is 68.8 Å². The van der Waals surface area contributed by atoms with E-state index in [9.17, 15) is 4.79 Å². The maximum absolute atomic E-state index is 11.4. The number of carbonyl (C=O) groups is 1. The van der Waals surface area contributed by atoms with E-state index in [1.54, 1.807) is 25.1 Å². The topological polar surface area (TPSA) is 108 Å². The van der Waals surface area contributed by atoms with Gasteiger partial charge in [0.15, 0.2) is 0 Å². The summed E-state index contributed by atoms with van der Waals surface area (Å²) in [4.78, 5) is 23.1. The Balaban J connectivity index is 1.80. The molecule has 0 atom stereocenters. The minimum absolute atomic E-state index is 0.276. The molecule has 9 nitrogen and oxygen atoms in total. The predicted octanol–water partition coefficient (Wildman–Crippen LogP) is 4.40. The average molecular weight is 487 g/mol. The molecule has 0 saturated heterocycles. The summed E-state index contributed by atoms with van der Waals surface area (Å²) in [5, 5.41) is 4.26. The summed E-state index contributed by atoms with van der Waals surface area (Å²) in [7, 11) is 5.12. The molecule has 0 aliphatic heterocycles. The number of nitrogens with two attached hydrogens (primary N) is 1. The molecule has 0 bridgehead atoms. The Morgan fingerprint density at radius 3 is 2.39 bits per heavy atom. The number of allylic oxidation sites excluding steroid dienone is 1. The Hall–Kier alpha value is -4.40. The van der Waals surface area contributed by atoms with Crippen molar-refractivity contribution >= 4 is 28.4 Å². The summed E-state index contributed by atoms with van der Waals surface area (Å²) >= 11 is 0. The molecule has 2 N–H and O–H groups in total. The van der Waals surface area contributed by atoms with Gasteiger partial charge in [0.05, 0.1) is 37.1 Å². The second-order valence-electron chi connectivity index (χ2n) is 8.40. The number of methoxy groups -OCH3 is 2. The molecule has 4 rings (SSSR count). The van der Waals surface area contributed by atoms with Crippen LogP contribution in [0.5, 0.6) is 11.5 Å². The Labute approximate surface area is 210 Å². The number of anilines is 2. The summed E-state index contributed by atoms with van der Waals surface area (Å²) in [5.74, 6) is 1.72. The van der Waals surface area contributed by atoms with Crippen LogP contribution in [0.2, 0.25) is 0 Å². The number of carbonyl (C=O) groups excluding carboxylic acids is 1. The first-order valence-electron chi connectivity index (χ1n) is 11.6. The van der Waals surface area contributed by atoms with E-state index in [2.05, 4.69) is 15.0 Å². The van der Waals surface area contributed by atoms with E-state index >= 15 is 0 Å². The largest absolute Gasteiger partial charge is 0.497 e. The van der Waals surface area contributed by atoms with Crippen molar-refractivity contribution in [3.63, 3.8) is 0 Å². The van der Waals surface area contributed by atoms with Crippen LogP contribution in [-0.4, -0.2) is 46.4 Å². The number of pyridine rings is 2. The number of ether oxygens (including phenoxy) is 2. The van der Waals surface area contributed by atoms with Gasteiger partial charge in [0.2, 0.25) is 5.91 Å². The average Bonchev–Trinajstić information content (AvgIpc) is 3.34. The molecule has 1 amide bonds. The lowest BCUT2D eigenvalue weighted by Gasteiger charge is -2.26. The van der Waals surface area contributed by atoms with Crippen LogP contribution in [0.4, 0.5) is 11.5 Å². The molecule has 3 aromatic heterocycles.